The first kappa shape index (κ1) is 4.83. The fourth-order valence-electron chi connectivity index (χ4n) is 0.438. The second-order valence-corrected chi connectivity index (χ2v) is 1.50. The number of rotatable bonds is 0. The van der Waals surface area contributed by atoms with Gasteiger partial charge >= 0.3 is 0 Å². The molecule has 0 radical (unpaired) electrons. The molecule has 4 heteroatoms. The van der Waals surface area contributed by atoms with E-state index in [1.54, 1.807) is 0 Å². The average molecular weight is 108 g/mol. The van der Waals surface area contributed by atoms with Gasteiger partial charge in [0.15, 0.2) is 0 Å². The highest BCUT2D eigenvalue weighted by molar-refractivity contribution is 7.10. The van der Waals surface area contributed by atoms with Gasteiger partial charge in [0.25, 0.3) is 0 Å². The predicted molar refractivity (Wildman–Crippen MR) is 30.9 cm³/mol. The molecule has 1 rings (SSSR count). The minimum absolute atomic E-state index is 0.116. The van der Waals surface area contributed by atoms with E-state index in [0.29, 0.717) is 0 Å². The highest BCUT2D eigenvalue weighted by Crippen LogP contribution is 1.99. The summed E-state index contributed by atoms with van der Waals surface area (Å²) >= 11 is 0. The van der Waals surface area contributed by atoms with Gasteiger partial charge in [-0.3, -0.25) is 21.6 Å². The Morgan fingerprint density at radius 1 is 0.500 bits per heavy atom. The Bertz CT molecular complexity index is 148. The van der Waals surface area contributed by atoms with Crippen molar-refractivity contribution < 1.29 is 0 Å². The van der Waals surface area contributed by atoms with Crippen LogP contribution in [-0.4, -0.2) is 22.8 Å². The summed E-state index contributed by atoms with van der Waals surface area (Å²) in [5, 5.41) is 27.1. The molecule has 0 aliphatic heterocycles. The summed E-state index contributed by atoms with van der Waals surface area (Å²) in [6.45, 7) is 0. The molecular weight excluding hydrogens is 104 g/mol. The Kier molecular flexibility index (Phi) is 0.658. The summed E-state index contributed by atoms with van der Waals surface area (Å²) < 4.78 is 0. The largest absolute Gasteiger partial charge is 0.296 e. The normalized spacial score (nSPS) is 19.0. The van der Waals surface area contributed by atoms with Crippen molar-refractivity contribution in [3.05, 3.63) is 0 Å². The SMILES string of the molecule is N=C1C(=N)C(=N)C1=N. The van der Waals surface area contributed by atoms with E-state index in [9.17, 15) is 0 Å². The van der Waals surface area contributed by atoms with Crippen molar-refractivity contribution in [2.24, 2.45) is 0 Å². The molecule has 0 bridgehead atoms. The van der Waals surface area contributed by atoms with Gasteiger partial charge in [-0.15, -0.1) is 0 Å². The Labute approximate surface area is 45.6 Å². The van der Waals surface area contributed by atoms with E-state index in [1.807, 2.05) is 0 Å². The van der Waals surface area contributed by atoms with Gasteiger partial charge in [-0.1, -0.05) is 0 Å². The van der Waals surface area contributed by atoms with Crippen LogP contribution in [0, 0.1) is 21.6 Å². The van der Waals surface area contributed by atoms with Crippen LogP contribution in [0.4, 0.5) is 0 Å². The Hall–Kier alpha value is -1.32. The van der Waals surface area contributed by atoms with Gasteiger partial charge in [0.1, 0.15) is 22.8 Å². The molecule has 0 spiro atoms. The zero-order valence-electron chi connectivity index (χ0n) is 4.00. The van der Waals surface area contributed by atoms with E-state index in [1.165, 1.54) is 0 Å². The second-order valence-electron chi connectivity index (χ2n) is 1.50. The Morgan fingerprint density at radius 2 is 0.625 bits per heavy atom. The lowest BCUT2D eigenvalue weighted by molar-refractivity contribution is 1.44. The van der Waals surface area contributed by atoms with E-state index in [-0.39, 0.29) is 22.8 Å². The molecule has 1 fully saturated rings. The standard InChI is InChI=1S/C4H4N4/c5-1-2(6)4(8)3(1)7/h5-8H. The van der Waals surface area contributed by atoms with E-state index < -0.39 is 0 Å². The van der Waals surface area contributed by atoms with Gasteiger partial charge in [0.05, 0.1) is 0 Å². The molecule has 1 saturated carbocycles. The lowest BCUT2D eigenvalue weighted by Gasteiger charge is -2.16. The first-order chi connectivity index (χ1) is 3.64. The van der Waals surface area contributed by atoms with Crippen molar-refractivity contribution in [3.63, 3.8) is 0 Å². The van der Waals surface area contributed by atoms with Crippen LogP contribution >= 0.6 is 0 Å². The van der Waals surface area contributed by atoms with Gasteiger partial charge in [-0.05, 0) is 0 Å². The van der Waals surface area contributed by atoms with Crippen LogP contribution in [0.5, 0.6) is 0 Å². The van der Waals surface area contributed by atoms with Gasteiger partial charge in [-0.2, -0.15) is 0 Å². The highest BCUT2D eigenvalue weighted by Gasteiger charge is 2.30. The minimum atomic E-state index is -0.116. The van der Waals surface area contributed by atoms with Crippen LogP contribution in [0.15, 0.2) is 0 Å². The molecule has 0 unspecified atom stereocenters. The van der Waals surface area contributed by atoms with Gasteiger partial charge in [0, 0.05) is 0 Å². The van der Waals surface area contributed by atoms with Crippen LogP contribution in [0.2, 0.25) is 0 Å². The molecule has 0 saturated heterocycles. The molecular formula is C4H4N4. The smallest absolute Gasteiger partial charge is 0.109 e. The summed E-state index contributed by atoms with van der Waals surface area (Å²) in [6.07, 6.45) is 0. The van der Waals surface area contributed by atoms with E-state index in [4.69, 9.17) is 21.6 Å². The van der Waals surface area contributed by atoms with Gasteiger partial charge in [0.2, 0.25) is 0 Å². The highest BCUT2D eigenvalue weighted by atomic mass is 14.7. The van der Waals surface area contributed by atoms with Crippen molar-refractivity contribution in [1.82, 2.24) is 0 Å². The zero-order chi connectivity index (χ0) is 6.31. The van der Waals surface area contributed by atoms with Crippen LogP contribution < -0.4 is 0 Å². The zero-order valence-corrected chi connectivity index (χ0v) is 4.00. The molecule has 0 aromatic carbocycles. The van der Waals surface area contributed by atoms with Crippen LogP contribution in [0.25, 0.3) is 0 Å². The summed E-state index contributed by atoms with van der Waals surface area (Å²) in [5.74, 6) is 0. The Balaban J connectivity index is 3.00. The van der Waals surface area contributed by atoms with E-state index >= 15 is 0 Å². The minimum Gasteiger partial charge on any atom is -0.296 e. The first-order valence-electron chi connectivity index (χ1n) is 2.00. The fraction of sp³-hybridized carbons (Fsp3) is 0. The van der Waals surface area contributed by atoms with Crippen molar-refractivity contribution in [2.45, 2.75) is 0 Å². The summed E-state index contributed by atoms with van der Waals surface area (Å²) in [4.78, 5) is 0. The van der Waals surface area contributed by atoms with Crippen molar-refractivity contribution >= 4 is 22.8 Å². The summed E-state index contributed by atoms with van der Waals surface area (Å²) in [6, 6.07) is 0. The molecule has 0 aromatic heterocycles. The molecule has 0 aromatic rings. The van der Waals surface area contributed by atoms with Crippen molar-refractivity contribution in [3.8, 4) is 0 Å². The molecule has 1 aliphatic carbocycles. The molecule has 1 aliphatic rings. The summed E-state index contributed by atoms with van der Waals surface area (Å²) in [7, 11) is 0. The van der Waals surface area contributed by atoms with Crippen molar-refractivity contribution in [2.75, 3.05) is 0 Å². The average Bonchev–Trinajstić information content (AvgIpc) is 1.83. The number of hydrogen-bond acceptors (Lipinski definition) is 4. The third kappa shape index (κ3) is 0.294. The predicted octanol–water partition coefficient (Wildman–Crippen LogP) is 0.0791. The Morgan fingerprint density at radius 3 is 0.750 bits per heavy atom. The molecule has 4 nitrogen and oxygen atoms in total. The topological polar surface area (TPSA) is 95.4 Å². The third-order valence-electron chi connectivity index (χ3n) is 1.00. The number of hydrogen-bond donors (Lipinski definition) is 4. The van der Waals surface area contributed by atoms with Crippen LogP contribution in [0.1, 0.15) is 0 Å². The summed E-state index contributed by atoms with van der Waals surface area (Å²) in [5.41, 5.74) is -0.463. The molecule has 40 valence electrons. The third-order valence-corrected chi connectivity index (χ3v) is 1.00. The van der Waals surface area contributed by atoms with Crippen molar-refractivity contribution in [1.29, 1.82) is 21.6 Å². The number of nitrogens with one attached hydrogen (secondary N) is 4. The quantitative estimate of drug-likeness (QED) is 0.338. The second kappa shape index (κ2) is 1.09. The molecule has 0 atom stereocenters. The molecule has 0 amide bonds. The lowest BCUT2D eigenvalue weighted by Crippen LogP contribution is -2.47. The fourth-order valence-corrected chi connectivity index (χ4v) is 0.438. The van der Waals surface area contributed by atoms with E-state index in [0.717, 1.165) is 0 Å². The van der Waals surface area contributed by atoms with Gasteiger partial charge < -0.3 is 0 Å². The molecule has 8 heavy (non-hydrogen) atoms. The van der Waals surface area contributed by atoms with Crippen LogP contribution in [-0.2, 0) is 0 Å². The first-order valence-corrected chi connectivity index (χ1v) is 2.00. The maximum absolute atomic E-state index is 6.78. The van der Waals surface area contributed by atoms with E-state index in [2.05, 4.69) is 0 Å². The van der Waals surface area contributed by atoms with Gasteiger partial charge in [-0.25, -0.2) is 0 Å². The molecule has 0 heterocycles. The maximum atomic E-state index is 6.78. The van der Waals surface area contributed by atoms with Crippen LogP contribution in [0.3, 0.4) is 0 Å². The molecule has 4 N–H and O–H groups in total. The monoisotopic (exact) mass is 108 g/mol. The maximum Gasteiger partial charge on any atom is 0.109 e. The lowest BCUT2D eigenvalue weighted by atomic mass is 9.89.